The zero-order valence-electron chi connectivity index (χ0n) is 11.5. The van der Waals surface area contributed by atoms with Crippen molar-refractivity contribution in [1.82, 2.24) is 5.32 Å². The second kappa shape index (κ2) is 7.46. The van der Waals surface area contributed by atoms with Crippen LogP contribution in [0.25, 0.3) is 0 Å². The van der Waals surface area contributed by atoms with Gasteiger partial charge in [0.2, 0.25) is 0 Å². The van der Waals surface area contributed by atoms with E-state index in [1.807, 2.05) is 7.05 Å². The number of nitrogens with one attached hydrogen (secondary N) is 1. The highest BCUT2D eigenvalue weighted by Crippen LogP contribution is 2.23. The van der Waals surface area contributed by atoms with Crippen LogP contribution in [0.3, 0.4) is 0 Å². The summed E-state index contributed by atoms with van der Waals surface area (Å²) in [4.78, 5) is 0. The van der Waals surface area contributed by atoms with E-state index in [9.17, 15) is 0 Å². The Hall–Kier alpha value is -0.860. The highest BCUT2D eigenvalue weighted by molar-refractivity contribution is 5.28. The molecule has 1 aromatic rings. The van der Waals surface area contributed by atoms with Gasteiger partial charge in [-0.2, -0.15) is 0 Å². The number of ether oxygens (including phenoxy) is 1. The Kier molecular flexibility index (Phi) is 6.23. The number of rotatable bonds is 7. The second-order valence-electron chi connectivity index (χ2n) is 4.64. The molecule has 0 bridgehead atoms. The third-order valence-electron chi connectivity index (χ3n) is 3.02. The van der Waals surface area contributed by atoms with E-state index in [2.05, 4.69) is 50.4 Å². The van der Waals surface area contributed by atoms with Gasteiger partial charge in [0.1, 0.15) is 0 Å². The molecule has 1 aromatic carbocycles. The number of hydrogen-bond acceptors (Lipinski definition) is 2. The van der Waals surface area contributed by atoms with Crippen LogP contribution in [0.2, 0.25) is 0 Å². The molecule has 96 valence electrons. The van der Waals surface area contributed by atoms with E-state index < -0.39 is 0 Å². The molecule has 17 heavy (non-hydrogen) atoms. The fourth-order valence-corrected chi connectivity index (χ4v) is 2.12. The maximum atomic E-state index is 6.14. The van der Waals surface area contributed by atoms with Crippen molar-refractivity contribution < 1.29 is 4.74 Å². The van der Waals surface area contributed by atoms with Crippen LogP contribution in [0, 0.1) is 6.92 Å². The first-order valence-corrected chi connectivity index (χ1v) is 6.54. The summed E-state index contributed by atoms with van der Waals surface area (Å²) in [6.07, 6.45) is 2.76. The van der Waals surface area contributed by atoms with E-state index in [1.165, 1.54) is 17.5 Å². The first-order valence-electron chi connectivity index (χ1n) is 6.54. The van der Waals surface area contributed by atoms with Gasteiger partial charge in [0.25, 0.3) is 0 Å². The van der Waals surface area contributed by atoms with Crippen LogP contribution in [-0.4, -0.2) is 19.7 Å². The van der Waals surface area contributed by atoms with Crippen LogP contribution in [0.1, 0.15) is 43.9 Å². The zero-order chi connectivity index (χ0) is 12.7. The first-order chi connectivity index (χ1) is 8.19. The molecule has 2 unspecified atom stereocenters. The number of benzene rings is 1. The van der Waals surface area contributed by atoms with Crippen LogP contribution in [0.15, 0.2) is 24.3 Å². The Morgan fingerprint density at radius 1 is 1.29 bits per heavy atom. The van der Waals surface area contributed by atoms with Gasteiger partial charge in [-0.15, -0.1) is 0 Å². The molecule has 2 heteroatoms. The average Bonchev–Trinajstić information content (AvgIpc) is 2.29. The fourth-order valence-electron chi connectivity index (χ4n) is 2.12. The molecular formula is C15H25NO. The molecule has 0 saturated heterocycles. The summed E-state index contributed by atoms with van der Waals surface area (Å²) in [5.41, 5.74) is 2.60. The molecule has 0 fully saturated rings. The van der Waals surface area contributed by atoms with Crippen LogP contribution in [0.5, 0.6) is 0 Å². The van der Waals surface area contributed by atoms with Gasteiger partial charge in [-0.25, -0.2) is 0 Å². The third-order valence-corrected chi connectivity index (χ3v) is 3.02. The fraction of sp³-hybridized carbons (Fsp3) is 0.600. The lowest BCUT2D eigenvalue weighted by molar-refractivity contribution is -0.00661. The van der Waals surface area contributed by atoms with Crippen LogP contribution >= 0.6 is 0 Å². The topological polar surface area (TPSA) is 21.3 Å². The summed E-state index contributed by atoms with van der Waals surface area (Å²) >= 11 is 0. The monoisotopic (exact) mass is 235 g/mol. The van der Waals surface area contributed by atoms with E-state index in [-0.39, 0.29) is 6.10 Å². The second-order valence-corrected chi connectivity index (χ2v) is 4.64. The van der Waals surface area contributed by atoms with Crippen molar-refractivity contribution in [3.8, 4) is 0 Å². The van der Waals surface area contributed by atoms with Gasteiger partial charge >= 0.3 is 0 Å². The van der Waals surface area contributed by atoms with Crippen molar-refractivity contribution in [1.29, 1.82) is 0 Å². The van der Waals surface area contributed by atoms with Gasteiger partial charge in [-0.3, -0.25) is 0 Å². The zero-order valence-corrected chi connectivity index (χ0v) is 11.5. The molecule has 0 aliphatic heterocycles. The average molecular weight is 235 g/mol. The van der Waals surface area contributed by atoms with E-state index in [0.29, 0.717) is 6.10 Å². The predicted molar refractivity (Wildman–Crippen MR) is 73.3 cm³/mol. The summed E-state index contributed by atoms with van der Waals surface area (Å²) < 4.78 is 6.14. The van der Waals surface area contributed by atoms with Crippen LogP contribution < -0.4 is 5.32 Å². The minimum absolute atomic E-state index is 0.155. The molecule has 0 aliphatic carbocycles. The Balaban J connectivity index is 2.75. The number of likely N-dealkylation sites (N-methyl/N-ethyl adjacent to an activating group) is 1. The maximum Gasteiger partial charge on any atom is 0.0955 e. The van der Waals surface area contributed by atoms with Gasteiger partial charge in [-0.05, 0) is 38.4 Å². The largest absolute Gasteiger partial charge is 0.369 e. The molecule has 0 radical (unpaired) electrons. The third kappa shape index (κ3) is 4.49. The van der Waals surface area contributed by atoms with Crippen molar-refractivity contribution in [3.63, 3.8) is 0 Å². The van der Waals surface area contributed by atoms with Crippen LogP contribution in [-0.2, 0) is 4.74 Å². The Morgan fingerprint density at radius 3 is 2.59 bits per heavy atom. The lowest BCUT2D eigenvalue weighted by atomic mass is 10.0. The maximum absolute atomic E-state index is 6.14. The lowest BCUT2D eigenvalue weighted by Gasteiger charge is -2.24. The summed E-state index contributed by atoms with van der Waals surface area (Å²) in [6, 6.07) is 8.46. The summed E-state index contributed by atoms with van der Waals surface area (Å²) in [6.45, 7) is 7.36. The van der Waals surface area contributed by atoms with Crippen molar-refractivity contribution in [2.45, 2.75) is 45.8 Å². The van der Waals surface area contributed by atoms with Gasteiger partial charge in [0, 0.05) is 6.54 Å². The molecular weight excluding hydrogens is 210 g/mol. The summed E-state index contributed by atoms with van der Waals surface area (Å²) in [5.74, 6) is 0. The predicted octanol–water partition coefficient (Wildman–Crippen LogP) is 3.46. The Labute approximate surface area is 105 Å². The molecule has 0 saturated carbocycles. The van der Waals surface area contributed by atoms with Gasteiger partial charge < -0.3 is 10.1 Å². The van der Waals surface area contributed by atoms with Crippen LogP contribution in [0.4, 0.5) is 0 Å². The molecule has 2 nitrogen and oxygen atoms in total. The van der Waals surface area contributed by atoms with E-state index in [1.54, 1.807) is 0 Å². The van der Waals surface area contributed by atoms with Crippen molar-refractivity contribution in [2.75, 3.05) is 13.6 Å². The molecule has 0 aliphatic rings. The summed E-state index contributed by atoms with van der Waals surface area (Å²) in [5, 5.41) is 3.22. The minimum Gasteiger partial charge on any atom is -0.369 e. The highest BCUT2D eigenvalue weighted by Gasteiger charge is 2.16. The molecule has 0 heterocycles. The summed E-state index contributed by atoms with van der Waals surface area (Å²) in [7, 11) is 1.97. The van der Waals surface area contributed by atoms with Crippen molar-refractivity contribution >= 4 is 0 Å². The number of aryl methyl sites for hydroxylation is 1. The smallest absolute Gasteiger partial charge is 0.0955 e. The highest BCUT2D eigenvalue weighted by atomic mass is 16.5. The Bertz CT molecular complexity index is 324. The molecule has 1 N–H and O–H groups in total. The molecule has 0 spiro atoms. The lowest BCUT2D eigenvalue weighted by Crippen LogP contribution is -2.24. The van der Waals surface area contributed by atoms with Crippen molar-refractivity contribution in [3.05, 3.63) is 35.4 Å². The van der Waals surface area contributed by atoms with E-state index >= 15 is 0 Å². The quantitative estimate of drug-likeness (QED) is 0.781. The normalized spacial score (nSPS) is 14.6. The Morgan fingerprint density at radius 2 is 2.00 bits per heavy atom. The van der Waals surface area contributed by atoms with Gasteiger partial charge in [0.05, 0.1) is 12.2 Å². The molecule has 2 atom stereocenters. The SMILES string of the molecule is CCCC(C)OC(CNC)c1ccccc1C. The van der Waals surface area contributed by atoms with E-state index in [0.717, 1.165) is 13.0 Å². The minimum atomic E-state index is 0.155. The number of hydrogen-bond donors (Lipinski definition) is 1. The molecule has 0 amide bonds. The first kappa shape index (κ1) is 14.2. The van der Waals surface area contributed by atoms with E-state index in [4.69, 9.17) is 4.74 Å². The van der Waals surface area contributed by atoms with Gasteiger partial charge in [0.15, 0.2) is 0 Å². The van der Waals surface area contributed by atoms with Gasteiger partial charge in [-0.1, -0.05) is 37.6 Å². The molecule has 0 aromatic heterocycles. The van der Waals surface area contributed by atoms with Crippen molar-refractivity contribution in [2.24, 2.45) is 0 Å². The molecule has 1 rings (SSSR count). The standard InChI is InChI=1S/C15H25NO/c1-5-8-13(3)17-15(11-16-4)14-10-7-6-9-12(14)2/h6-7,9-10,13,15-16H,5,8,11H2,1-4H3.